The van der Waals surface area contributed by atoms with Crippen LogP contribution in [0.1, 0.15) is 35.3 Å². The number of thioether (sulfide) groups is 1. The summed E-state index contributed by atoms with van der Waals surface area (Å²) in [6.07, 6.45) is 1.82. The van der Waals surface area contributed by atoms with Crippen molar-refractivity contribution in [2.75, 3.05) is 20.2 Å². The normalized spacial score (nSPS) is 16.2. The number of amides is 1. The number of carbonyl (C=O) groups is 2. The summed E-state index contributed by atoms with van der Waals surface area (Å²) in [6.45, 7) is 5.26. The number of carbonyl (C=O) groups excluding carboxylic acids is 1. The minimum absolute atomic E-state index is 0.0581. The molecular formula is C23H24N2O5S. The molecule has 0 atom stereocenters. The van der Waals surface area contributed by atoms with Gasteiger partial charge in [-0.1, -0.05) is 18.2 Å². The molecule has 0 saturated carbocycles. The molecule has 8 heteroatoms. The number of likely N-dealkylation sites (N-methyl/N-ethyl adjacent to an activating group) is 1. The molecule has 1 fully saturated rings. The third-order valence-electron chi connectivity index (χ3n) is 4.55. The Kier molecular flexibility index (Phi) is 7.36. The Balaban J connectivity index is 1.78. The van der Waals surface area contributed by atoms with Crippen molar-refractivity contribution < 1.29 is 24.2 Å². The molecule has 1 heterocycles. The summed E-state index contributed by atoms with van der Waals surface area (Å²) in [4.78, 5) is 30.4. The average molecular weight is 441 g/mol. The minimum Gasteiger partial charge on any atom is -0.493 e. The van der Waals surface area contributed by atoms with Gasteiger partial charge in [0.05, 0.1) is 17.6 Å². The molecule has 0 aliphatic carbocycles. The molecule has 31 heavy (non-hydrogen) atoms. The van der Waals surface area contributed by atoms with Crippen molar-refractivity contribution in [2.45, 2.75) is 20.5 Å². The van der Waals surface area contributed by atoms with E-state index in [1.807, 2.05) is 26.0 Å². The number of rotatable bonds is 8. The van der Waals surface area contributed by atoms with E-state index in [9.17, 15) is 9.59 Å². The molecule has 3 rings (SSSR count). The van der Waals surface area contributed by atoms with Crippen molar-refractivity contribution in [1.29, 1.82) is 0 Å². The van der Waals surface area contributed by atoms with Crippen LogP contribution >= 0.6 is 11.8 Å². The lowest BCUT2D eigenvalue weighted by Crippen LogP contribution is -2.28. The number of carboxylic acids is 1. The first-order valence-corrected chi connectivity index (χ1v) is 10.7. The molecule has 0 aromatic heterocycles. The Hall–Kier alpha value is -3.26. The maximum atomic E-state index is 12.6. The van der Waals surface area contributed by atoms with E-state index < -0.39 is 5.97 Å². The number of carboxylic acid groups (broad SMARTS) is 1. The fourth-order valence-corrected chi connectivity index (χ4v) is 4.14. The van der Waals surface area contributed by atoms with E-state index in [4.69, 9.17) is 14.6 Å². The van der Waals surface area contributed by atoms with Crippen LogP contribution in [-0.2, 0) is 11.4 Å². The zero-order valence-corrected chi connectivity index (χ0v) is 18.4. The molecule has 0 bridgehead atoms. The summed E-state index contributed by atoms with van der Waals surface area (Å²) in [5, 5.41) is 9.84. The highest BCUT2D eigenvalue weighted by atomic mass is 32.2. The van der Waals surface area contributed by atoms with E-state index in [2.05, 4.69) is 4.99 Å². The van der Waals surface area contributed by atoms with Crippen LogP contribution in [0.3, 0.4) is 0 Å². The Morgan fingerprint density at radius 3 is 2.68 bits per heavy atom. The lowest BCUT2D eigenvalue weighted by Gasteiger charge is -2.12. The number of aliphatic imine (C=N–C) groups is 1. The van der Waals surface area contributed by atoms with Gasteiger partial charge in [0.2, 0.25) is 0 Å². The molecule has 162 valence electrons. The lowest BCUT2D eigenvalue weighted by molar-refractivity contribution is -0.122. The molecule has 7 nitrogen and oxygen atoms in total. The van der Waals surface area contributed by atoms with Crippen LogP contribution in [-0.4, -0.2) is 47.2 Å². The zero-order chi connectivity index (χ0) is 22.4. The highest BCUT2D eigenvalue weighted by Gasteiger charge is 2.31. The number of hydrogen-bond donors (Lipinski definition) is 1. The van der Waals surface area contributed by atoms with Crippen LogP contribution in [0.2, 0.25) is 0 Å². The van der Waals surface area contributed by atoms with Crippen molar-refractivity contribution in [1.82, 2.24) is 4.90 Å². The van der Waals surface area contributed by atoms with E-state index in [1.54, 1.807) is 42.3 Å². The Labute approximate surface area is 185 Å². The standard InChI is InChI=1S/C23H24N2O5S/c1-4-24-23-25(5-2)21(26)20(31-23)13-15-9-10-18(19(12-15)29-3)30-14-16-7-6-8-17(11-16)22(27)28/h6-13H,4-5,14H2,1-3H3,(H,27,28)/b20-13+,24-23?. The molecule has 0 unspecified atom stereocenters. The molecule has 1 N–H and O–H groups in total. The smallest absolute Gasteiger partial charge is 0.335 e. The second-order valence-corrected chi connectivity index (χ2v) is 7.63. The monoisotopic (exact) mass is 440 g/mol. The van der Waals surface area contributed by atoms with Gasteiger partial charge in [0, 0.05) is 13.1 Å². The van der Waals surface area contributed by atoms with E-state index in [-0.39, 0.29) is 18.1 Å². The van der Waals surface area contributed by atoms with Crippen molar-refractivity contribution in [3.8, 4) is 11.5 Å². The van der Waals surface area contributed by atoms with E-state index >= 15 is 0 Å². The number of ether oxygens (including phenoxy) is 2. The van der Waals surface area contributed by atoms with Gasteiger partial charge in [0.15, 0.2) is 16.7 Å². The Bertz CT molecular complexity index is 1050. The second-order valence-electron chi connectivity index (χ2n) is 6.62. The second kappa shape index (κ2) is 10.2. The van der Waals surface area contributed by atoms with Crippen molar-refractivity contribution in [2.24, 2.45) is 4.99 Å². The molecule has 1 amide bonds. The summed E-state index contributed by atoms with van der Waals surface area (Å²) in [6, 6.07) is 12.0. The summed E-state index contributed by atoms with van der Waals surface area (Å²) < 4.78 is 11.3. The quantitative estimate of drug-likeness (QED) is 0.616. The number of amidine groups is 1. The zero-order valence-electron chi connectivity index (χ0n) is 17.6. The number of hydrogen-bond acceptors (Lipinski definition) is 6. The molecule has 2 aromatic rings. The highest BCUT2D eigenvalue weighted by Crippen LogP contribution is 2.34. The Morgan fingerprint density at radius 2 is 2.00 bits per heavy atom. The molecular weight excluding hydrogens is 416 g/mol. The van der Waals surface area contributed by atoms with Crippen LogP contribution < -0.4 is 9.47 Å². The average Bonchev–Trinajstić information content (AvgIpc) is 3.07. The van der Waals surface area contributed by atoms with Crippen LogP contribution in [0.4, 0.5) is 0 Å². The summed E-state index contributed by atoms with van der Waals surface area (Å²) in [7, 11) is 1.55. The van der Waals surface area contributed by atoms with Gasteiger partial charge in [-0.25, -0.2) is 4.79 Å². The molecule has 1 aliphatic rings. The first-order valence-electron chi connectivity index (χ1n) is 9.85. The van der Waals surface area contributed by atoms with Gasteiger partial charge in [-0.3, -0.25) is 14.7 Å². The molecule has 1 saturated heterocycles. The van der Waals surface area contributed by atoms with Crippen LogP contribution in [0.5, 0.6) is 11.5 Å². The number of aromatic carboxylic acids is 1. The van der Waals surface area contributed by atoms with Gasteiger partial charge in [0.25, 0.3) is 5.91 Å². The van der Waals surface area contributed by atoms with Gasteiger partial charge in [0.1, 0.15) is 6.61 Å². The fraction of sp³-hybridized carbons (Fsp3) is 0.261. The summed E-state index contributed by atoms with van der Waals surface area (Å²) in [5.74, 6) is 0.00964. The number of methoxy groups -OCH3 is 1. The van der Waals surface area contributed by atoms with Gasteiger partial charge in [-0.2, -0.15) is 0 Å². The SMILES string of the molecule is CCN=C1S/C(=C/c2ccc(OCc3cccc(C(=O)O)c3)c(OC)c2)C(=O)N1CC. The van der Waals surface area contributed by atoms with Crippen molar-refractivity contribution in [3.63, 3.8) is 0 Å². The molecule has 1 aliphatic heterocycles. The van der Waals surface area contributed by atoms with E-state index in [0.717, 1.165) is 16.3 Å². The van der Waals surface area contributed by atoms with Crippen LogP contribution in [0, 0.1) is 0 Å². The number of benzene rings is 2. The predicted molar refractivity (Wildman–Crippen MR) is 122 cm³/mol. The topological polar surface area (TPSA) is 88.4 Å². The fourth-order valence-electron chi connectivity index (χ4n) is 3.04. The van der Waals surface area contributed by atoms with Crippen LogP contribution in [0.25, 0.3) is 6.08 Å². The van der Waals surface area contributed by atoms with Crippen LogP contribution in [0.15, 0.2) is 52.4 Å². The lowest BCUT2D eigenvalue weighted by atomic mass is 10.1. The number of nitrogens with zero attached hydrogens (tertiary/aromatic N) is 2. The maximum Gasteiger partial charge on any atom is 0.335 e. The summed E-state index contributed by atoms with van der Waals surface area (Å²) in [5.41, 5.74) is 1.76. The van der Waals surface area contributed by atoms with E-state index in [0.29, 0.717) is 29.5 Å². The molecule has 0 radical (unpaired) electrons. The first-order chi connectivity index (χ1) is 15.0. The van der Waals surface area contributed by atoms with Gasteiger partial charge >= 0.3 is 5.97 Å². The third-order valence-corrected chi connectivity index (χ3v) is 5.60. The maximum absolute atomic E-state index is 12.6. The Morgan fingerprint density at radius 1 is 1.19 bits per heavy atom. The minimum atomic E-state index is -0.982. The molecule has 0 spiro atoms. The summed E-state index contributed by atoms with van der Waals surface area (Å²) >= 11 is 1.37. The predicted octanol–water partition coefficient (Wildman–Crippen LogP) is 4.28. The van der Waals surface area contributed by atoms with Crippen molar-refractivity contribution >= 4 is 34.9 Å². The third kappa shape index (κ3) is 5.27. The highest BCUT2D eigenvalue weighted by molar-refractivity contribution is 8.18. The molecule has 2 aromatic carbocycles. The van der Waals surface area contributed by atoms with Gasteiger partial charge in [-0.05, 0) is 67.1 Å². The first kappa shape index (κ1) is 22.4. The van der Waals surface area contributed by atoms with Gasteiger partial charge in [-0.15, -0.1) is 0 Å². The van der Waals surface area contributed by atoms with Gasteiger partial charge < -0.3 is 14.6 Å². The van der Waals surface area contributed by atoms with E-state index in [1.165, 1.54) is 17.8 Å². The largest absolute Gasteiger partial charge is 0.493 e. The van der Waals surface area contributed by atoms with Crippen molar-refractivity contribution in [3.05, 3.63) is 64.1 Å².